The van der Waals surface area contributed by atoms with E-state index in [1.54, 1.807) is 0 Å². The predicted octanol–water partition coefficient (Wildman–Crippen LogP) is 8.20. The summed E-state index contributed by atoms with van der Waals surface area (Å²) in [6.07, 6.45) is 0. The number of hydrogen-bond acceptors (Lipinski definition) is 4. The summed E-state index contributed by atoms with van der Waals surface area (Å²) in [5.74, 6) is -0.192. The van der Waals surface area contributed by atoms with E-state index in [9.17, 15) is 0 Å². The van der Waals surface area contributed by atoms with Crippen LogP contribution in [-0.4, -0.2) is 0 Å². The van der Waals surface area contributed by atoms with Gasteiger partial charge in [0.05, 0.1) is 0 Å². The third kappa shape index (κ3) is 5.36. The highest BCUT2D eigenvalue weighted by Crippen LogP contribution is 2.41. The van der Waals surface area contributed by atoms with Gasteiger partial charge in [0.15, 0.2) is 0 Å². The molecule has 6 aromatic carbocycles. The number of rotatable bonds is 6. The van der Waals surface area contributed by atoms with Crippen LogP contribution in [0.4, 0.5) is 22.7 Å². The Morgan fingerprint density at radius 1 is 0.341 bits per heavy atom. The van der Waals surface area contributed by atoms with E-state index in [2.05, 4.69) is 60.7 Å². The molecule has 6 rings (SSSR count). The second-order valence-corrected chi connectivity index (χ2v) is 10.4. The molecule has 4 heteroatoms. The summed E-state index contributed by atoms with van der Waals surface area (Å²) >= 11 is 0. The summed E-state index contributed by atoms with van der Waals surface area (Å²) in [5.41, 5.74) is 37.9. The third-order valence-corrected chi connectivity index (χ3v) is 7.63. The summed E-state index contributed by atoms with van der Waals surface area (Å²) in [5, 5.41) is 0. The topological polar surface area (TPSA) is 104 Å². The molecule has 41 heavy (non-hydrogen) atoms. The van der Waals surface area contributed by atoms with Crippen LogP contribution >= 0.6 is 0 Å². The molecule has 4 nitrogen and oxygen atoms in total. The van der Waals surface area contributed by atoms with Gasteiger partial charge in [0.25, 0.3) is 0 Å². The lowest BCUT2D eigenvalue weighted by Gasteiger charge is -2.24. The molecule has 0 fully saturated rings. The van der Waals surface area contributed by atoms with Crippen LogP contribution in [0.5, 0.6) is 0 Å². The molecule has 0 aliphatic rings. The Morgan fingerprint density at radius 2 is 0.707 bits per heavy atom. The van der Waals surface area contributed by atoms with Crippen LogP contribution in [0.3, 0.4) is 0 Å². The Morgan fingerprint density at radius 3 is 1.17 bits per heavy atom. The molecule has 8 N–H and O–H groups in total. The molecule has 0 aromatic heterocycles. The van der Waals surface area contributed by atoms with E-state index in [1.165, 1.54) is 5.56 Å². The van der Waals surface area contributed by atoms with E-state index in [0.29, 0.717) is 11.4 Å². The van der Waals surface area contributed by atoms with Crippen LogP contribution in [0.15, 0.2) is 140 Å². The highest BCUT2D eigenvalue weighted by molar-refractivity contribution is 5.75. The van der Waals surface area contributed by atoms with Crippen molar-refractivity contribution in [3.63, 3.8) is 0 Å². The van der Waals surface area contributed by atoms with E-state index >= 15 is 0 Å². The first-order chi connectivity index (χ1) is 20.0. The molecule has 0 unspecified atom stereocenters. The zero-order chi connectivity index (χ0) is 28.3. The molecule has 0 saturated heterocycles. The molecule has 0 aliphatic heterocycles. The van der Waals surface area contributed by atoms with Gasteiger partial charge in [-0.25, -0.2) is 0 Å². The van der Waals surface area contributed by atoms with Crippen LogP contribution in [0.1, 0.15) is 22.6 Å². The lowest BCUT2D eigenvalue weighted by molar-refractivity contribution is 0.985. The maximum atomic E-state index is 6.73. The number of nitrogens with two attached hydrogens (primary N) is 4. The Balaban J connectivity index is 1.52. The van der Waals surface area contributed by atoms with E-state index in [4.69, 9.17) is 22.9 Å². The average molecular weight is 533 g/mol. The Kier molecular flexibility index (Phi) is 6.88. The van der Waals surface area contributed by atoms with Crippen molar-refractivity contribution in [2.24, 2.45) is 0 Å². The second kappa shape index (κ2) is 10.9. The van der Waals surface area contributed by atoms with Crippen molar-refractivity contribution in [3.05, 3.63) is 156 Å². The zero-order valence-electron chi connectivity index (χ0n) is 22.7. The van der Waals surface area contributed by atoms with Gasteiger partial charge in [0, 0.05) is 28.7 Å². The van der Waals surface area contributed by atoms with Gasteiger partial charge < -0.3 is 22.9 Å². The third-order valence-electron chi connectivity index (χ3n) is 7.63. The lowest BCUT2D eigenvalue weighted by atomic mass is 9.81. The first-order valence-corrected chi connectivity index (χ1v) is 13.6. The molecule has 0 spiro atoms. The summed E-state index contributed by atoms with van der Waals surface area (Å²) < 4.78 is 0. The SMILES string of the molecule is Nc1ccc(-c2ccc(N)c(C(c3ccc(-c4ccccc4)cc3)c3cc(-c4ccc(N)cc4)ccc3N)c2)cc1. The quantitative estimate of drug-likeness (QED) is 0.128. The van der Waals surface area contributed by atoms with Gasteiger partial charge in [-0.3, -0.25) is 0 Å². The van der Waals surface area contributed by atoms with Gasteiger partial charge in [-0.1, -0.05) is 91.0 Å². The smallest absolute Gasteiger partial charge is 0.0381 e. The molecular formula is C37H32N4. The number of nitrogen functional groups attached to an aromatic ring is 4. The fourth-order valence-corrected chi connectivity index (χ4v) is 5.39. The van der Waals surface area contributed by atoms with Crippen molar-refractivity contribution in [1.29, 1.82) is 0 Å². The van der Waals surface area contributed by atoms with E-state index in [1.807, 2.05) is 78.9 Å². The highest BCUT2D eigenvalue weighted by Gasteiger charge is 2.23. The van der Waals surface area contributed by atoms with Crippen LogP contribution in [-0.2, 0) is 0 Å². The standard InChI is InChI=1S/C37H32N4/c38-31-16-10-26(11-17-31)29-14-20-35(40)33(22-29)37(28-8-6-25(7-9-28)24-4-2-1-3-5-24)34-23-30(15-21-36(34)41)27-12-18-32(39)19-13-27/h1-23,37H,38-41H2. The van der Waals surface area contributed by atoms with E-state index in [0.717, 1.165) is 55.9 Å². The molecular weight excluding hydrogens is 500 g/mol. The summed E-state index contributed by atoms with van der Waals surface area (Å²) in [6, 6.07) is 47.3. The van der Waals surface area contributed by atoms with Crippen molar-refractivity contribution < 1.29 is 0 Å². The zero-order valence-corrected chi connectivity index (χ0v) is 22.7. The number of anilines is 4. The molecule has 0 bridgehead atoms. The molecule has 0 amide bonds. The van der Waals surface area contributed by atoms with Crippen molar-refractivity contribution in [2.75, 3.05) is 22.9 Å². The normalized spacial score (nSPS) is 11.0. The Labute approximate surface area is 240 Å². The van der Waals surface area contributed by atoms with E-state index in [-0.39, 0.29) is 5.92 Å². The molecule has 0 radical (unpaired) electrons. The van der Waals surface area contributed by atoms with Crippen LogP contribution < -0.4 is 22.9 Å². The largest absolute Gasteiger partial charge is 0.399 e. The van der Waals surface area contributed by atoms with Gasteiger partial charge >= 0.3 is 0 Å². The van der Waals surface area contributed by atoms with E-state index < -0.39 is 0 Å². The molecule has 0 atom stereocenters. The number of hydrogen-bond donors (Lipinski definition) is 4. The van der Waals surface area contributed by atoms with Gasteiger partial charge in [-0.05, 0) is 98.6 Å². The van der Waals surface area contributed by atoms with Crippen molar-refractivity contribution in [3.8, 4) is 33.4 Å². The Bertz CT molecular complexity index is 1700. The molecule has 0 heterocycles. The summed E-state index contributed by atoms with van der Waals surface area (Å²) in [4.78, 5) is 0. The first-order valence-electron chi connectivity index (χ1n) is 13.6. The van der Waals surface area contributed by atoms with Crippen molar-refractivity contribution >= 4 is 22.7 Å². The van der Waals surface area contributed by atoms with Crippen molar-refractivity contribution in [1.82, 2.24) is 0 Å². The predicted molar refractivity (Wildman–Crippen MR) is 174 cm³/mol. The monoisotopic (exact) mass is 532 g/mol. The molecule has 6 aromatic rings. The maximum Gasteiger partial charge on any atom is 0.0381 e. The minimum Gasteiger partial charge on any atom is -0.399 e. The molecule has 0 saturated carbocycles. The van der Waals surface area contributed by atoms with Crippen LogP contribution in [0.25, 0.3) is 33.4 Å². The molecule has 200 valence electrons. The van der Waals surface area contributed by atoms with Crippen molar-refractivity contribution in [2.45, 2.75) is 5.92 Å². The van der Waals surface area contributed by atoms with Gasteiger partial charge in [-0.15, -0.1) is 0 Å². The summed E-state index contributed by atoms with van der Waals surface area (Å²) in [6.45, 7) is 0. The fourth-order valence-electron chi connectivity index (χ4n) is 5.39. The minimum atomic E-state index is -0.192. The maximum absolute atomic E-state index is 6.73. The van der Waals surface area contributed by atoms with Gasteiger partial charge in [0.1, 0.15) is 0 Å². The van der Waals surface area contributed by atoms with Crippen LogP contribution in [0, 0.1) is 0 Å². The summed E-state index contributed by atoms with van der Waals surface area (Å²) in [7, 11) is 0. The highest BCUT2D eigenvalue weighted by atomic mass is 14.6. The van der Waals surface area contributed by atoms with Gasteiger partial charge in [-0.2, -0.15) is 0 Å². The Hall–Kier alpha value is -5.48. The first kappa shape index (κ1) is 25.8. The second-order valence-electron chi connectivity index (χ2n) is 10.4. The number of benzene rings is 6. The fraction of sp³-hybridized carbons (Fsp3) is 0.0270. The lowest BCUT2D eigenvalue weighted by Crippen LogP contribution is -2.10. The molecule has 0 aliphatic carbocycles. The van der Waals surface area contributed by atoms with Crippen LogP contribution in [0.2, 0.25) is 0 Å². The van der Waals surface area contributed by atoms with Gasteiger partial charge in [0.2, 0.25) is 0 Å². The average Bonchev–Trinajstić information content (AvgIpc) is 3.01. The minimum absolute atomic E-state index is 0.192.